The number of hydrogen-bond acceptors (Lipinski definition) is 7. The fraction of sp³-hybridized carbons (Fsp3) is 0.944. The third-order valence-corrected chi connectivity index (χ3v) is 17.9. The van der Waals surface area contributed by atoms with Crippen molar-refractivity contribution in [2.45, 2.75) is 233 Å². The van der Waals surface area contributed by atoms with Gasteiger partial charge in [0.05, 0.1) is 33.9 Å². The number of carboxylic acid groups (broad SMARTS) is 1. The van der Waals surface area contributed by atoms with Crippen molar-refractivity contribution >= 4 is 13.8 Å². The SMILES string of the molecule is CCCCCCCCCCCCCCCCCCOC(COP(=O)([O-])OCC[N+](C)(C)C)C(OC1CC[C@@]2(C)C(=CCC3C2CC[C@@]2(C)C3CC[C@@H]2[C@H](C)CCCC(C)C)C1)C(=O)O. The molecular weight excluding hydrogens is 822 g/mol. The predicted molar refractivity (Wildman–Crippen MR) is 261 cm³/mol. The second kappa shape index (κ2) is 27.4. The fourth-order valence-electron chi connectivity index (χ4n) is 13.0. The summed E-state index contributed by atoms with van der Waals surface area (Å²) < 4.78 is 36.7. The smallest absolute Gasteiger partial charge is 0.335 e. The first-order valence-corrected chi connectivity index (χ1v) is 28.5. The van der Waals surface area contributed by atoms with Crippen LogP contribution in [0.2, 0.25) is 0 Å². The number of carbonyl (C=O) groups is 1. The maximum Gasteiger partial charge on any atom is 0.335 e. The summed E-state index contributed by atoms with van der Waals surface area (Å²) in [6.45, 7) is 15.0. The fourth-order valence-corrected chi connectivity index (χ4v) is 13.7. The summed E-state index contributed by atoms with van der Waals surface area (Å²) in [7, 11) is 1.18. The molecule has 0 aromatic heterocycles. The molecule has 0 aromatic rings. The molecule has 0 heterocycles. The summed E-state index contributed by atoms with van der Waals surface area (Å²) in [6.07, 6.45) is 33.0. The van der Waals surface area contributed by atoms with Crippen molar-refractivity contribution in [2.75, 3.05) is 47.5 Å². The first-order chi connectivity index (χ1) is 30.4. The van der Waals surface area contributed by atoms with Crippen LogP contribution in [0.5, 0.6) is 0 Å². The number of hydrogen-bond donors (Lipinski definition) is 1. The predicted octanol–water partition coefficient (Wildman–Crippen LogP) is 13.7. The minimum Gasteiger partial charge on any atom is -0.756 e. The first kappa shape index (κ1) is 55.8. The molecule has 3 fully saturated rings. The van der Waals surface area contributed by atoms with Crippen LogP contribution in [0.4, 0.5) is 0 Å². The molecule has 374 valence electrons. The lowest BCUT2D eigenvalue weighted by Gasteiger charge is -2.58. The summed E-state index contributed by atoms with van der Waals surface area (Å²) >= 11 is 0. The lowest BCUT2D eigenvalue weighted by atomic mass is 9.47. The Morgan fingerprint density at radius 1 is 0.797 bits per heavy atom. The normalized spacial score (nSPS) is 29.4. The van der Waals surface area contributed by atoms with Gasteiger partial charge in [-0.2, -0.15) is 0 Å². The van der Waals surface area contributed by atoms with E-state index in [0.717, 1.165) is 68.1 Å². The third kappa shape index (κ3) is 17.6. The summed E-state index contributed by atoms with van der Waals surface area (Å²) in [5.41, 5.74) is 1.98. The number of fused-ring (bicyclic) bond motifs is 5. The van der Waals surface area contributed by atoms with E-state index in [1.54, 1.807) is 0 Å². The molecule has 10 heteroatoms. The molecule has 9 nitrogen and oxygen atoms in total. The summed E-state index contributed by atoms with van der Waals surface area (Å²) in [5.74, 6) is 3.40. The van der Waals surface area contributed by atoms with Crippen LogP contribution in [0.1, 0.15) is 215 Å². The largest absolute Gasteiger partial charge is 0.756 e. The molecule has 0 aromatic carbocycles. The highest BCUT2D eigenvalue weighted by atomic mass is 31.2. The van der Waals surface area contributed by atoms with E-state index in [-0.39, 0.29) is 18.1 Å². The molecule has 4 aliphatic rings. The van der Waals surface area contributed by atoms with Gasteiger partial charge in [0, 0.05) is 6.61 Å². The average Bonchev–Trinajstić information content (AvgIpc) is 3.59. The van der Waals surface area contributed by atoms with Gasteiger partial charge < -0.3 is 33.0 Å². The molecular formula is C54H100NO8P. The number of phosphoric ester groups is 1. The zero-order valence-electron chi connectivity index (χ0n) is 42.9. The van der Waals surface area contributed by atoms with E-state index in [1.165, 1.54) is 134 Å². The maximum absolute atomic E-state index is 13.0. The summed E-state index contributed by atoms with van der Waals surface area (Å²) in [5, 5.41) is 10.6. The van der Waals surface area contributed by atoms with E-state index >= 15 is 0 Å². The molecule has 0 aliphatic heterocycles. The van der Waals surface area contributed by atoms with E-state index < -0.39 is 32.6 Å². The molecule has 0 spiro atoms. The molecule has 0 saturated heterocycles. The van der Waals surface area contributed by atoms with Gasteiger partial charge in [-0.05, 0) is 104 Å². The van der Waals surface area contributed by atoms with Crippen molar-refractivity contribution in [3.63, 3.8) is 0 Å². The standard InChI is InChI=1S/C54H100NO8P/c1-10-11-12-13-14-15-16-17-18-19-20-21-22-23-24-25-38-60-50(41-62-64(58,59)61-39-37-55(7,8)9)51(52(56)57)63-45-33-35-53(5)44(40-45)29-30-46-48-32-31-47(43(4)28-26-27-42(2)3)54(48,6)36-34-49(46)53/h29,42-43,45-51H,10-28,30-41H2,1-9H3,(H-,56,57,58,59)/t43-,45?,46?,47-,48?,49?,50?,51?,53+,54-/m1/s1. The van der Waals surface area contributed by atoms with E-state index in [9.17, 15) is 19.4 Å². The van der Waals surface area contributed by atoms with Crippen LogP contribution in [-0.4, -0.2) is 81.4 Å². The van der Waals surface area contributed by atoms with Crippen LogP contribution >= 0.6 is 7.82 Å². The van der Waals surface area contributed by atoms with Gasteiger partial charge in [-0.3, -0.25) is 4.57 Å². The average molecular weight is 922 g/mol. The monoisotopic (exact) mass is 922 g/mol. The highest BCUT2D eigenvalue weighted by Crippen LogP contribution is 2.67. The Morgan fingerprint density at radius 3 is 1.98 bits per heavy atom. The van der Waals surface area contributed by atoms with Crippen molar-refractivity contribution in [3.05, 3.63) is 11.6 Å². The second-order valence-corrected chi connectivity index (χ2v) is 24.8. The van der Waals surface area contributed by atoms with E-state index in [1.807, 2.05) is 21.1 Å². The Bertz CT molecular complexity index is 1420. The van der Waals surface area contributed by atoms with Gasteiger partial charge in [0.15, 0.2) is 6.10 Å². The van der Waals surface area contributed by atoms with E-state index in [0.29, 0.717) is 35.4 Å². The number of nitrogens with zero attached hydrogens (tertiary/aromatic N) is 1. The molecule has 0 bridgehead atoms. The number of likely N-dealkylation sites (N-methyl/N-ethyl adjacent to an activating group) is 1. The molecule has 11 atom stereocenters. The number of rotatable bonds is 34. The molecule has 3 saturated carbocycles. The van der Waals surface area contributed by atoms with Crippen molar-refractivity contribution in [3.8, 4) is 0 Å². The minimum absolute atomic E-state index is 0.0240. The Balaban J connectivity index is 1.29. The quantitative estimate of drug-likeness (QED) is 0.0294. The number of quaternary nitrogens is 1. The summed E-state index contributed by atoms with van der Waals surface area (Å²) in [6, 6.07) is 0. The number of phosphoric acid groups is 1. The number of carboxylic acids is 1. The maximum atomic E-state index is 13.0. The molecule has 7 unspecified atom stereocenters. The first-order valence-electron chi connectivity index (χ1n) is 27.0. The van der Waals surface area contributed by atoms with Gasteiger partial charge >= 0.3 is 5.97 Å². The van der Waals surface area contributed by atoms with Crippen molar-refractivity contribution in [1.29, 1.82) is 0 Å². The lowest BCUT2D eigenvalue weighted by Crippen LogP contribution is -2.51. The second-order valence-electron chi connectivity index (χ2n) is 23.4. The van der Waals surface area contributed by atoms with Crippen molar-refractivity contribution in [2.24, 2.45) is 46.3 Å². The Labute approximate surface area is 393 Å². The van der Waals surface area contributed by atoms with Crippen LogP contribution in [0.25, 0.3) is 0 Å². The molecule has 0 amide bonds. The van der Waals surface area contributed by atoms with Gasteiger partial charge in [-0.1, -0.05) is 169 Å². The van der Waals surface area contributed by atoms with Crippen LogP contribution < -0.4 is 4.89 Å². The molecule has 4 rings (SSSR count). The molecule has 0 radical (unpaired) electrons. The molecule has 4 aliphatic carbocycles. The summed E-state index contributed by atoms with van der Waals surface area (Å²) in [4.78, 5) is 25.9. The minimum atomic E-state index is -4.69. The van der Waals surface area contributed by atoms with E-state index in [4.69, 9.17) is 18.5 Å². The van der Waals surface area contributed by atoms with Crippen LogP contribution in [0.3, 0.4) is 0 Å². The van der Waals surface area contributed by atoms with Gasteiger partial charge in [-0.25, -0.2) is 4.79 Å². The zero-order chi connectivity index (χ0) is 46.8. The number of allylic oxidation sites excluding steroid dienone is 1. The third-order valence-electron chi connectivity index (χ3n) is 16.9. The van der Waals surface area contributed by atoms with Gasteiger partial charge in [-0.15, -0.1) is 0 Å². The highest BCUT2D eigenvalue weighted by Gasteiger charge is 2.59. The zero-order valence-corrected chi connectivity index (χ0v) is 43.8. The Morgan fingerprint density at radius 2 is 1.41 bits per heavy atom. The number of aliphatic carboxylic acids is 1. The van der Waals surface area contributed by atoms with Gasteiger partial charge in [0.25, 0.3) is 7.82 Å². The Kier molecular flexibility index (Phi) is 23.9. The molecule has 64 heavy (non-hydrogen) atoms. The van der Waals surface area contributed by atoms with Crippen molar-refractivity contribution in [1.82, 2.24) is 0 Å². The van der Waals surface area contributed by atoms with Crippen molar-refractivity contribution < 1.29 is 42.4 Å². The highest BCUT2D eigenvalue weighted by molar-refractivity contribution is 7.45. The topological polar surface area (TPSA) is 114 Å². The number of ether oxygens (including phenoxy) is 2. The molecule has 1 N–H and O–H groups in total. The Hall–Kier alpha value is -0.800. The number of unbranched alkanes of at least 4 members (excludes halogenated alkanes) is 15. The van der Waals surface area contributed by atoms with Crippen LogP contribution in [0.15, 0.2) is 11.6 Å². The van der Waals surface area contributed by atoms with Crippen LogP contribution in [-0.2, 0) is 27.9 Å². The van der Waals surface area contributed by atoms with Gasteiger partial charge in [0.1, 0.15) is 19.3 Å². The van der Waals surface area contributed by atoms with Gasteiger partial charge in [0.2, 0.25) is 0 Å². The lowest BCUT2D eigenvalue weighted by molar-refractivity contribution is -0.870. The van der Waals surface area contributed by atoms with E-state index in [2.05, 4.69) is 47.6 Å². The van der Waals surface area contributed by atoms with Crippen LogP contribution in [0, 0.1) is 46.3 Å².